The molecular weight excluding hydrogens is 479 g/mol. The van der Waals surface area contributed by atoms with Crippen molar-refractivity contribution in [2.75, 3.05) is 32.9 Å². The predicted molar refractivity (Wildman–Crippen MR) is 114 cm³/mol. The number of ether oxygens (including phenoxy) is 2. The molecule has 1 fully saturated rings. The van der Waals surface area contributed by atoms with Crippen LogP contribution >= 0.6 is 27.3 Å². The molecule has 2 aromatic rings. The highest BCUT2D eigenvalue weighted by atomic mass is 79.9. The Morgan fingerprint density at radius 2 is 2.07 bits per heavy atom. The number of benzene rings is 1. The number of nitrogens with zero attached hydrogens (tertiary/aromatic N) is 2. The molecule has 7 nitrogen and oxygen atoms in total. The lowest BCUT2D eigenvalue weighted by molar-refractivity contribution is -0.136. The van der Waals surface area contributed by atoms with Gasteiger partial charge in [-0.1, -0.05) is 15.9 Å². The highest BCUT2D eigenvalue weighted by Crippen LogP contribution is 2.15. The molecule has 3 rings (SSSR count). The number of carbonyl (C=O) groups excluding carboxylic acids is 2. The molecule has 0 aliphatic carbocycles. The minimum Gasteiger partial charge on any atom is -0.463 e. The Balaban J connectivity index is 2.06. The van der Waals surface area contributed by atoms with Gasteiger partial charge in [0.15, 0.2) is 0 Å². The van der Waals surface area contributed by atoms with Crippen LogP contribution in [-0.4, -0.2) is 54.3 Å². The molecule has 1 saturated heterocycles. The fraction of sp³-hybridized carbons (Fsp3) is 0.350. The lowest BCUT2D eigenvalue weighted by atomic mass is 10.2. The van der Waals surface area contributed by atoms with Gasteiger partial charge in [0, 0.05) is 23.1 Å². The first-order chi connectivity index (χ1) is 14.4. The molecule has 0 N–H and O–H groups in total. The normalized spacial score (nSPS) is 15.5. The molecule has 0 spiro atoms. The maximum atomic E-state index is 14.1. The van der Waals surface area contributed by atoms with Crippen molar-refractivity contribution < 1.29 is 23.5 Å². The molecule has 1 aliphatic rings. The van der Waals surface area contributed by atoms with Crippen molar-refractivity contribution in [3.05, 3.63) is 53.6 Å². The van der Waals surface area contributed by atoms with Crippen LogP contribution in [0.15, 0.2) is 27.5 Å². The average molecular weight is 499 g/mol. The van der Waals surface area contributed by atoms with Gasteiger partial charge in [0.25, 0.3) is 5.56 Å². The highest BCUT2D eigenvalue weighted by molar-refractivity contribution is 9.10. The SMILES string of the molecule is CCOC(=O)/C=c1\s/c(=C/c2cc(Br)ccc2F)c(=O)n1CC(=O)N1CCOCC1. The van der Waals surface area contributed by atoms with Crippen molar-refractivity contribution in [1.82, 2.24) is 9.47 Å². The zero-order valence-electron chi connectivity index (χ0n) is 16.2. The van der Waals surface area contributed by atoms with E-state index in [0.29, 0.717) is 30.8 Å². The minimum atomic E-state index is -0.619. The number of thiazole rings is 1. The Bertz CT molecular complexity index is 1120. The topological polar surface area (TPSA) is 77.8 Å². The van der Waals surface area contributed by atoms with Crippen LogP contribution in [0.4, 0.5) is 4.39 Å². The van der Waals surface area contributed by atoms with Gasteiger partial charge in [-0.3, -0.25) is 14.2 Å². The summed E-state index contributed by atoms with van der Waals surface area (Å²) in [6.45, 7) is 3.38. The second-order valence-corrected chi connectivity index (χ2v) is 8.37. The van der Waals surface area contributed by atoms with Crippen LogP contribution in [0.3, 0.4) is 0 Å². The van der Waals surface area contributed by atoms with Gasteiger partial charge in [-0.2, -0.15) is 0 Å². The minimum absolute atomic E-state index is 0.180. The quantitative estimate of drug-likeness (QED) is 0.571. The monoisotopic (exact) mass is 498 g/mol. The van der Waals surface area contributed by atoms with Crippen LogP contribution in [0, 0.1) is 5.82 Å². The number of hydrogen-bond acceptors (Lipinski definition) is 6. The van der Waals surface area contributed by atoms with Crippen molar-refractivity contribution in [2.24, 2.45) is 0 Å². The first-order valence-corrected chi connectivity index (χ1v) is 10.9. The Morgan fingerprint density at radius 3 is 2.77 bits per heavy atom. The second-order valence-electron chi connectivity index (χ2n) is 6.40. The summed E-state index contributed by atoms with van der Waals surface area (Å²) in [5.41, 5.74) is -0.256. The number of aromatic nitrogens is 1. The van der Waals surface area contributed by atoms with Gasteiger partial charge in [-0.25, -0.2) is 9.18 Å². The van der Waals surface area contributed by atoms with Gasteiger partial charge < -0.3 is 14.4 Å². The summed E-state index contributed by atoms with van der Waals surface area (Å²) in [6, 6.07) is 4.39. The van der Waals surface area contributed by atoms with Crippen molar-refractivity contribution in [1.29, 1.82) is 0 Å². The molecule has 0 saturated carbocycles. The molecule has 0 bridgehead atoms. The van der Waals surface area contributed by atoms with Gasteiger partial charge in [-0.15, -0.1) is 11.3 Å². The van der Waals surface area contributed by atoms with E-state index in [1.807, 2.05) is 0 Å². The highest BCUT2D eigenvalue weighted by Gasteiger charge is 2.19. The first kappa shape index (κ1) is 22.4. The Hall–Kier alpha value is -2.30. The molecule has 160 valence electrons. The largest absolute Gasteiger partial charge is 0.463 e. The van der Waals surface area contributed by atoms with E-state index in [4.69, 9.17) is 9.47 Å². The maximum Gasteiger partial charge on any atom is 0.333 e. The first-order valence-electron chi connectivity index (χ1n) is 9.29. The third-order valence-corrected chi connectivity index (χ3v) is 5.92. The summed E-state index contributed by atoms with van der Waals surface area (Å²) in [4.78, 5) is 39.2. The number of amides is 1. The van der Waals surface area contributed by atoms with Gasteiger partial charge in [-0.05, 0) is 31.2 Å². The molecule has 0 radical (unpaired) electrons. The van der Waals surface area contributed by atoms with Gasteiger partial charge >= 0.3 is 5.97 Å². The Labute approximate surface area is 184 Å². The van der Waals surface area contributed by atoms with E-state index in [-0.39, 0.29) is 33.8 Å². The summed E-state index contributed by atoms with van der Waals surface area (Å²) < 4.78 is 26.7. The fourth-order valence-electron chi connectivity index (χ4n) is 2.89. The maximum absolute atomic E-state index is 14.1. The number of hydrogen-bond donors (Lipinski definition) is 0. The third-order valence-electron chi connectivity index (χ3n) is 4.37. The van der Waals surface area contributed by atoms with Crippen LogP contribution in [0.1, 0.15) is 12.5 Å². The lowest BCUT2D eigenvalue weighted by Crippen LogP contribution is -2.45. The zero-order chi connectivity index (χ0) is 21.7. The summed E-state index contributed by atoms with van der Waals surface area (Å²) in [5, 5.41) is 0. The average Bonchev–Trinajstić information content (AvgIpc) is 3.00. The molecule has 1 aromatic carbocycles. The summed E-state index contributed by atoms with van der Waals surface area (Å²) >= 11 is 4.28. The van der Waals surface area contributed by atoms with Gasteiger partial charge in [0.1, 0.15) is 17.0 Å². The van der Waals surface area contributed by atoms with Crippen LogP contribution in [-0.2, 0) is 25.6 Å². The molecule has 0 atom stereocenters. The summed E-state index contributed by atoms with van der Waals surface area (Å²) in [6.07, 6.45) is 2.59. The number of morpholine rings is 1. The summed E-state index contributed by atoms with van der Waals surface area (Å²) in [7, 11) is 0. The van der Waals surface area contributed by atoms with E-state index in [1.54, 1.807) is 24.0 Å². The number of halogens is 2. The summed E-state index contributed by atoms with van der Waals surface area (Å²) in [5.74, 6) is -1.36. The van der Waals surface area contributed by atoms with E-state index in [0.717, 1.165) is 11.3 Å². The predicted octanol–water partition coefficient (Wildman–Crippen LogP) is 0.843. The smallest absolute Gasteiger partial charge is 0.333 e. The molecule has 0 unspecified atom stereocenters. The number of esters is 1. The van der Waals surface area contributed by atoms with E-state index in [2.05, 4.69) is 15.9 Å². The van der Waals surface area contributed by atoms with E-state index in [1.165, 1.54) is 22.8 Å². The van der Waals surface area contributed by atoms with Crippen LogP contribution in [0.2, 0.25) is 0 Å². The molecule has 1 aromatic heterocycles. The van der Waals surface area contributed by atoms with Crippen molar-refractivity contribution >= 4 is 51.3 Å². The van der Waals surface area contributed by atoms with Crippen LogP contribution in [0.5, 0.6) is 0 Å². The number of carbonyl (C=O) groups is 2. The molecule has 2 heterocycles. The van der Waals surface area contributed by atoms with E-state index < -0.39 is 17.3 Å². The molecule has 1 amide bonds. The van der Waals surface area contributed by atoms with Crippen molar-refractivity contribution in [3.63, 3.8) is 0 Å². The van der Waals surface area contributed by atoms with Crippen molar-refractivity contribution in [3.8, 4) is 0 Å². The Kier molecular flexibility index (Phi) is 7.57. The lowest BCUT2D eigenvalue weighted by Gasteiger charge is -2.26. The third kappa shape index (κ3) is 5.44. The number of rotatable bonds is 5. The van der Waals surface area contributed by atoms with Gasteiger partial charge in [0.05, 0.1) is 30.4 Å². The standard InChI is InChI=1S/C20H20BrFN2O5S/c1-2-29-19(26)11-18-24(12-17(25)23-5-7-28-8-6-23)20(27)16(30-18)10-13-9-14(21)3-4-15(13)22/h3-4,9-11H,2,5-8,12H2,1H3/b16-10+,18-11-. The molecule has 10 heteroatoms. The fourth-order valence-corrected chi connectivity index (χ4v) is 4.29. The van der Waals surface area contributed by atoms with Crippen molar-refractivity contribution in [2.45, 2.75) is 13.5 Å². The Morgan fingerprint density at radius 1 is 1.33 bits per heavy atom. The van der Waals surface area contributed by atoms with Crippen LogP contribution in [0.25, 0.3) is 12.2 Å². The van der Waals surface area contributed by atoms with E-state index in [9.17, 15) is 18.8 Å². The molecule has 30 heavy (non-hydrogen) atoms. The zero-order valence-corrected chi connectivity index (χ0v) is 18.6. The van der Waals surface area contributed by atoms with Crippen LogP contribution < -0.4 is 14.8 Å². The van der Waals surface area contributed by atoms with E-state index >= 15 is 0 Å². The molecular formula is C20H20BrFN2O5S. The second kappa shape index (κ2) is 10.1. The van der Waals surface area contributed by atoms with Gasteiger partial charge in [0.2, 0.25) is 5.91 Å². The molecule has 1 aliphatic heterocycles.